The Kier molecular flexibility index (Phi) is 2.26. The Hall–Kier alpha value is -2.35. The van der Waals surface area contributed by atoms with E-state index in [1.807, 2.05) is 42.5 Å². The summed E-state index contributed by atoms with van der Waals surface area (Å²) in [7, 11) is 0. The monoisotopic (exact) mass is 222 g/mol. The SMILES string of the molecule is O=CC=Cc1cccc2c1oc1ccccc12. The first-order chi connectivity index (χ1) is 8.40. The van der Waals surface area contributed by atoms with Gasteiger partial charge in [-0.05, 0) is 18.2 Å². The number of aldehydes is 1. The van der Waals surface area contributed by atoms with Crippen LogP contribution in [0.4, 0.5) is 0 Å². The molecule has 0 amide bonds. The van der Waals surface area contributed by atoms with Crippen molar-refractivity contribution in [2.24, 2.45) is 0 Å². The number of hydrogen-bond acceptors (Lipinski definition) is 2. The molecule has 2 nitrogen and oxygen atoms in total. The number of fused-ring (bicyclic) bond motifs is 3. The Labute approximate surface area is 98.2 Å². The van der Waals surface area contributed by atoms with Crippen molar-refractivity contribution in [2.45, 2.75) is 0 Å². The van der Waals surface area contributed by atoms with Gasteiger partial charge in [-0.15, -0.1) is 0 Å². The number of allylic oxidation sites excluding steroid dienone is 1. The van der Waals surface area contributed by atoms with E-state index in [1.165, 1.54) is 6.08 Å². The predicted molar refractivity (Wildman–Crippen MR) is 68.8 cm³/mol. The normalized spacial score (nSPS) is 11.5. The standard InChI is InChI=1S/C15H10O2/c16-10-4-6-11-5-3-8-13-12-7-1-2-9-14(12)17-15(11)13/h1-10H. The van der Waals surface area contributed by atoms with E-state index >= 15 is 0 Å². The molecule has 0 saturated heterocycles. The number of carbonyl (C=O) groups is 1. The zero-order valence-electron chi connectivity index (χ0n) is 9.09. The van der Waals surface area contributed by atoms with E-state index < -0.39 is 0 Å². The average molecular weight is 222 g/mol. The maximum Gasteiger partial charge on any atom is 0.142 e. The van der Waals surface area contributed by atoms with Crippen LogP contribution in [0.15, 0.2) is 53.0 Å². The van der Waals surface area contributed by atoms with Crippen LogP contribution in [0, 0.1) is 0 Å². The lowest BCUT2D eigenvalue weighted by molar-refractivity contribution is -0.104. The summed E-state index contributed by atoms with van der Waals surface area (Å²) >= 11 is 0. The molecule has 0 saturated carbocycles. The van der Waals surface area contributed by atoms with Crippen molar-refractivity contribution in [1.29, 1.82) is 0 Å². The Morgan fingerprint density at radius 2 is 1.76 bits per heavy atom. The average Bonchev–Trinajstić information content (AvgIpc) is 2.75. The summed E-state index contributed by atoms with van der Waals surface area (Å²) in [5.74, 6) is 0. The molecule has 0 spiro atoms. The van der Waals surface area contributed by atoms with Gasteiger partial charge >= 0.3 is 0 Å². The third kappa shape index (κ3) is 1.54. The molecule has 3 rings (SSSR count). The number of para-hydroxylation sites is 2. The van der Waals surface area contributed by atoms with E-state index in [-0.39, 0.29) is 0 Å². The summed E-state index contributed by atoms with van der Waals surface area (Å²) in [6.07, 6.45) is 4.00. The molecule has 0 bridgehead atoms. The van der Waals surface area contributed by atoms with Crippen molar-refractivity contribution in [2.75, 3.05) is 0 Å². The van der Waals surface area contributed by atoms with Gasteiger partial charge in [0, 0.05) is 16.3 Å². The minimum absolute atomic E-state index is 0.765. The van der Waals surface area contributed by atoms with Crippen LogP contribution in [0.5, 0.6) is 0 Å². The Morgan fingerprint density at radius 1 is 0.941 bits per heavy atom. The minimum Gasteiger partial charge on any atom is -0.455 e. The highest BCUT2D eigenvalue weighted by Crippen LogP contribution is 2.30. The van der Waals surface area contributed by atoms with Crippen LogP contribution >= 0.6 is 0 Å². The van der Waals surface area contributed by atoms with Gasteiger partial charge in [-0.25, -0.2) is 0 Å². The number of furan rings is 1. The Morgan fingerprint density at radius 3 is 2.65 bits per heavy atom. The predicted octanol–water partition coefficient (Wildman–Crippen LogP) is 3.80. The molecule has 0 aliphatic heterocycles. The third-order valence-corrected chi connectivity index (χ3v) is 2.79. The quantitative estimate of drug-likeness (QED) is 0.487. The number of benzene rings is 2. The highest BCUT2D eigenvalue weighted by atomic mass is 16.3. The molecule has 1 heterocycles. The van der Waals surface area contributed by atoms with Crippen molar-refractivity contribution in [3.63, 3.8) is 0 Å². The molecule has 1 aromatic heterocycles. The maximum atomic E-state index is 10.4. The third-order valence-electron chi connectivity index (χ3n) is 2.79. The summed E-state index contributed by atoms with van der Waals surface area (Å²) in [4.78, 5) is 10.4. The van der Waals surface area contributed by atoms with Crippen LogP contribution in [0.3, 0.4) is 0 Å². The van der Waals surface area contributed by atoms with Gasteiger partial charge < -0.3 is 4.42 Å². The molecule has 0 radical (unpaired) electrons. The topological polar surface area (TPSA) is 30.2 Å². The van der Waals surface area contributed by atoms with E-state index in [9.17, 15) is 4.79 Å². The molecule has 3 aromatic rings. The Bertz CT molecular complexity index is 720. The van der Waals surface area contributed by atoms with E-state index in [1.54, 1.807) is 6.08 Å². The van der Waals surface area contributed by atoms with Crippen molar-refractivity contribution in [3.8, 4) is 0 Å². The fourth-order valence-corrected chi connectivity index (χ4v) is 2.04. The molecule has 0 fully saturated rings. The van der Waals surface area contributed by atoms with Crippen LogP contribution < -0.4 is 0 Å². The van der Waals surface area contributed by atoms with Crippen molar-refractivity contribution in [1.82, 2.24) is 0 Å². The van der Waals surface area contributed by atoms with E-state index in [2.05, 4.69) is 0 Å². The van der Waals surface area contributed by atoms with E-state index in [0.717, 1.165) is 33.8 Å². The molecule has 2 heteroatoms. The second-order valence-electron chi connectivity index (χ2n) is 3.82. The molecule has 0 aliphatic rings. The zero-order chi connectivity index (χ0) is 11.7. The Balaban J connectivity index is 2.39. The number of rotatable bonds is 2. The molecule has 2 aromatic carbocycles. The van der Waals surface area contributed by atoms with Gasteiger partial charge in [-0.1, -0.05) is 36.4 Å². The first-order valence-corrected chi connectivity index (χ1v) is 5.42. The summed E-state index contributed by atoms with van der Waals surface area (Å²) in [5, 5.41) is 2.18. The van der Waals surface area contributed by atoms with Gasteiger partial charge in [0.1, 0.15) is 17.5 Å². The minimum atomic E-state index is 0.765. The molecule has 0 N–H and O–H groups in total. The van der Waals surface area contributed by atoms with Gasteiger partial charge in [0.2, 0.25) is 0 Å². The van der Waals surface area contributed by atoms with Crippen LogP contribution in [0.2, 0.25) is 0 Å². The lowest BCUT2D eigenvalue weighted by Gasteiger charge is -1.93. The van der Waals surface area contributed by atoms with Crippen LogP contribution in [-0.4, -0.2) is 6.29 Å². The first-order valence-electron chi connectivity index (χ1n) is 5.42. The van der Waals surface area contributed by atoms with Crippen LogP contribution in [0.1, 0.15) is 5.56 Å². The number of hydrogen-bond donors (Lipinski definition) is 0. The van der Waals surface area contributed by atoms with Crippen molar-refractivity contribution < 1.29 is 9.21 Å². The summed E-state index contributed by atoms with van der Waals surface area (Å²) in [6.45, 7) is 0. The highest BCUT2D eigenvalue weighted by Gasteiger charge is 2.07. The lowest BCUT2D eigenvalue weighted by Crippen LogP contribution is -1.73. The van der Waals surface area contributed by atoms with Crippen molar-refractivity contribution in [3.05, 3.63) is 54.1 Å². The summed E-state index contributed by atoms with van der Waals surface area (Å²) < 4.78 is 5.81. The molecule has 0 atom stereocenters. The smallest absolute Gasteiger partial charge is 0.142 e. The second-order valence-corrected chi connectivity index (χ2v) is 3.82. The largest absolute Gasteiger partial charge is 0.455 e. The summed E-state index contributed by atoms with van der Waals surface area (Å²) in [5.41, 5.74) is 2.62. The summed E-state index contributed by atoms with van der Waals surface area (Å²) in [6, 6.07) is 13.9. The maximum absolute atomic E-state index is 10.4. The molecule has 0 unspecified atom stereocenters. The highest BCUT2D eigenvalue weighted by molar-refractivity contribution is 6.07. The lowest BCUT2D eigenvalue weighted by atomic mass is 10.1. The molecular weight excluding hydrogens is 212 g/mol. The van der Waals surface area contributed by atoms with Gasteiger partial charge in [-0.2, -0.15) is 0 Å². The van der Waals surface area contributed by atoms with E-state index in [0.29, 0.717) is 0 Å². The molecule has 17 heavy (non-hydrogen) atoms. The van der Waals surface area contributed by atoms with Crippen LogP contribution in [0.25, 0.3) is 28.0 Å². The van der Waals surface area contributed by atoms with E-state index in [4.69, 9.17) is 4.42 Å². The first kappa shape index (κ1) is 9.85. The molecule has 0 aliphatic carbocycles. The van der Waals surface area contributed by atoms with Gasteiger partial charge in [0.05, 0.1) is 0 Å². The van der Waals surface area contributed by atoms with Gasteiger partial charge in [0.25, 0.3) is 0 Å². The molecular formula is C15H10O2. The molecule has 82 valence electrons. The fourth-order valence-electron chi connectivity index (χ4n) is 2.04. The van der Waals surface area contributed by atoms with Crippen LogP contribution in [-0.2, 0) is 4.79 Å². The van der Waals surface area contributed by atoms with Crippen molar-refractivity contribution >= 4 is 34.3 Å². The van der Waals surface area contributed by atoms with Gasteiger partial charge in [-0.3, -0.25) is 4.79 Å². The van der Waals surface area contributed by atoms with Gasteiger partial charge in [0.15, 0.2) is 0 Å². The number of carbonyl (C=O) groups excluding carboxylic acids is 1. The zero-order valence-corrected chi connectivity index (χ0v) is 9.09. The fraction of sp³-hybridized carbons (Fsp3) is 0. The second kappa shape index (κ2) is 3.91.